The lowest BCUT2D eigenvalue weighted by Crippen LogP contribution is -2.43. The van der Waals surface area contributed by atoms with Crippen LogP contribution in [0.2, 0.25) is 0 Å². The molecule has 0 saturated carbocycles. The molecular weight excluding hydrogens is 170 g/mol. The number of carbonyl (C=O) groups is 2. The zero-order valence-electron chi connectivity index (χ0n) is 7.80. The number of carboxylic acid groups (broad SMARTS) is 1. The van der Waals surface area contributed by atoms with Gasteiger partial charge in [-0.1, -0.05) is 0 Å². The highest BCUT2D eigenvalue weighted by atomic mass is 16.4. The predicted molar refractivity (Wildman–Crippen MR) is 47.5 cm³/mol. The average molecular weight is 185 g/mol. The Bertz CT molecular complexity index is 219. The number of ketones is 1. The van der Waals surface area contributed by atoms with Gasteiger partial charge in [-0.25, -0.2) is 0 Å². The third kappa shape index (κ3) is 2.28. The van der Waals surface area contributed by atoms with Crippen molar-refractivity contribution in [2.24, 2.45) is 5.41 Å². The highest BCUT2D eigenvalue weighted by Gasteiger charge is 2.40. The van der Waals surface area contributed by atoms with Gasteiger partial charge in [0.05, 0.1) is 5.41 Å². The fraction of sp³-hybridized carbons (Fsp3) is 0.778. The summed E-state index contributed by atoms with van der Waals surface area (Å²) in [7, 11) is 0. The minimum Gasteiger partial charge on any atom is -0.481 e. The molecule has 1 heterocycles. The Morgan fingerprint density at radius 2 is 1.92 bits per heavy atom. The van der Waals surface area contributed by atoms with E-state index in [4.69, 9.17) is 5.11 Å². The van der Waals surface area contributed by atoms with Gasteiger partial charge in [0.2, 0.25) is 0 Å². The van der Waals surface area contributed by atoms with Crippen molar-refractivity contribution < 1.29 is 14.7 Å². The maximum absolute atomic E-state index is 11.0. The molecule has 0 atom stereocenters. The van der Waals surface area contributed by atoms with E-state index < -0.39 is 11.4 Å². The molecule has 0 aliphatic carbocycles. The molecule has 1 rings (SSSR count). The molecule has 0 aromatic rings. The first-order valence-corrected chi connectivity index (χ1v) is 4.50. The van der Waals surface area contributed by atoms with E-state index in [0.717, 1.165) is 0 Å². The smallest absolute Gasteiger partial charge is 0.310 e. The quantitative estimate of drug-likeness (QED) is 0.668. The van der Waals surface area contributed by atoms with Gasteiger partial charge in [-0.3, -0.25) is 9.59 Å². The lowest BCUT2D eigenvalue weighted by Gasteiger charge is -2.32. The second-order valence-corrected chi connectivity index (χ2v) is 3.71. The number of carbonyl (C=O) groups excluding carboxylic acids is 1. The van der Waals surface area contributed by atoms with Crippen LogP contribution in [0.25, 0.3) is 0 Å². The lowest BCUT2D eigenvalue weighted by atomic mass is 9.75. The number of nitrogens with one attached hydrogen (secondary N) is 1. The Morgan fingerprint density at radius 1 is 1.38 bits per heavy atom. The van der Waals surface area contributed by atoms with Crippen molar-refractivity contribution in [3.05, 3.63) is 0 Å². The maximum Gasteiger partial charge on any atom is 0.310 e. The molecule has 1 aliphatic rings. The van der Waals surface area contributed by atoms with Gasteiger partial charge in [0, 0.05) is 6.42 Å². The van der Waals surface area contributed by atoms with Crippen LogP contribution >= 0.6 is 0 Å². The van der Waals surface area contributed by atoms with Gasteiger partial charge in [-0.2, -0.15) is 0 Å². The fourth-order valence-corrected chi connectivity index (χ4v) is 1.85. The maximum atomic E-state index is 11.0. The Kier molecular flexibility index (Phi) is 3.03. The second-order valence-electron chi connectivity index (χ2n) is 3.71. The monoisotopic (exact) mass is 185 g/mol. The topological polar surface area (TPSA) is 66.4 Å². The minimum absolute atomic E-state index is 0.0377. The molecule has 0 aromatic heterocycles. The Morgan fingerprint density at radius 3 is 2.31 bits per heavy atom. The summed E-state index contributed by atoms with van der Waals surface area (Å²) >= 11 is 0. The number of carboxylic acids is 1. The standard InChI is InChI=1S/C9H15NO3/c1-7(11)6-9(8(12)13)2-4-10-5-3-9/h10H,2-6H2,1H3,(H,12,13). The third-order valence-electron chi connectivity index (χ3n) is 2.60. The summed E-state index contributed by atoms with van der Waals surface area (Å²) in [5.41, 5.74) is -0.795. The Balaban J connectivity index is 2.73. The van der Waals surface area contributed by atoms with Crippen LogP contribution in [0.3, 0.4) is 0 Å². The molecule has 0 unspecified atom stereocenters. The molecule has 1 fully saturated rings. The molecule has 0 spiro atoms. The van der Waals surface area contributed by atoms with Crippen LogP contribution in [0, 0.1) is 5.41 Å². The van der Waals surface area contributed by atoms with Crippen molar-refractivity contribution in [3.8, 4) is 0 Å². The molecular formula is C9H15NO3. The molecule has 0 amide bonds. The molecule has 2 N–H and O–H groups in total. The molecule has 13 heavy (non-hydrogen) atoms. The number of piperidine rings is 1. The summed E-state index contributed by atoms with van der Waals surface area (Å²) in [6.07, 6.45) is 1.29. The number of aliphatic carboxylic acids is 1. The van der Waals surface area contributed by atoms with Crippen LogP contribution in [0.4, 0.5) is 0 Å². The highest BCUT2D eigenvalue weighted by molar-refractivity contribution is 5.84. The second kappa shape index (κ2) is 3.87. The molecule has 4 nitrogen and oxygen atoms in total. The third-order valence-corrected chi connectivity index (χ3v) is 2.60. The van der Waals surface area contributed by atoms with E-state index in [1.165, 1.54) is 6.92 Å². The van der Waals surface area contributed by atoms with E-state index in [1.807, 2.05) is 0 Å². The normalized spacial score (nSPS) is 21.0. The predicted octanol–water partition coefficient (Wildman–Crippen LogP) is 0.420. The zero-order valence-corrected chi connectivity index (χ0v) is 7.80. The van der Waals surface area contributed by atoms with Crippen LogP contribution in [0.15, 0.2) is 0 Å². The zero-order chi connectivity index (χ0) is 9.90. The molecule has 1 aliphatic heterocycles. The number of hydrogen-bond donors (Lipinski definition) is 2. The van der Waals surface area contributed by atoms with E-state index in [9.17, 15) is 9.59 Å². The molecule has 4 heteroatoms. The van der Waals surface area contributed by atoms with Crippen molar-refractivity contribution in [2.45, 2.75) is 26.2 Å². The molecule has 74 valence electrons. The van der Waals surface area contributed by atoms with Crippen LogP contribution in [0.1, 0.15) is 26.2 Å². The molecule has 0 aromatic carbocycles. The summed E-state index contributed by atoms with van der Waals surface area (Å²) in [6.45, 7) is 2.84. The van der Waals surface area contributed by atoms with Crippen molar-refractivity contribution in [3.63, 3.8) is 0 Å². The summed E-state index contributed by atoms with van der Waals surface area (Å²) < 4.78 is 0. The Hall–Kier alpha value is -0.900. The largest absolute Gasteiger partial charge is 0.481 e. The summed E-state index contributed by atoms with van der Waals surface area (Å²) in [6, 6.07) is 0. The molecule has 0 radical (unpaired) electrons. The molecule has 0 bridgehead atoms. The highest BCUT2D eigenvalue weighted by Crippen LogP contribution is 2.33. The first kappa shape index (κ1) is 10.2. The number of rotatable bonds is 3. The summed E-state index contributed by atoms with van der Waals surface area (Å²) in [5.74, 6) is -0.867. The first-order valence-electron chi connectivity index (χ1n) is 4.50. The van der Waals surface area contributed by atoms with Crippen LogP contribution in [0.5, 0.6) is 0 Å². The van der Waals surface area contributed by atoms with Gasteiger partial charge in [-0.15, -0.1) is 0 Å². The average Bonchev–Trinajstić information content (AvgIpc) is 2.04. The van der Waals surface area contributed by atoms with Crippen molar-refractivity contribution >= 4 is 11.8 Å². The van der Waals surface area contributed by atoms with Gasteiger partial charge in [-0.05, 0) is 32.9 Å². The SMILES string of the molecule is CC(=O)CC1(C(=O)O)CCNCC1. The van der Waals surface area contributed by atoms with E-state index in [0.29, 0.717) is 25.9 Å². The van der Waals surface area contributed by atoms with Crippen molar-refractivity contribution in [1.82, 2.24) is 5.32 Å². The Labute approximate surface area is 77.3 Å². The van der Waals surface area contributed by atoms with Crippen LogP contribution < -0.4 is 5.32 Å². The van der Waals surface area contributed by atoms with Gasteiger partial charge >= 0.3 is 5.97 Å². The fourth-order valence-electron chi connectivity index (χ4n) is 1.85. The molecule has 1 saturated heterocycles. The van der Waals surface area contributed by atoms with Crippen molar-refractivity contribution in [1.29, 1.82) is 0 Å². The van der Waals surface area contributed by atoms with Gasteiger partial charge < -0.3 is 10.4 Å². The minimum atomic E-state index is -0.829. The van der Waals surface area contributed by atoms with E-state index in [2.05, 4.69) is 5.32 Å². The lowest BCUT2D eigenvalue weighted by molar-refractivity contribution is -0.153. The van der Waals surface area contributed by atoms with Gasteiger partial charge in [0.1, 0.15) is 5.78 Å². The van der Waals surface area contributed by atoms with E-state index >= 15 is 0 Å². The van der Waals surface area contributed by atoms with Gasteiger partial charge in [0.15, 0.2) is 0 Å². The van der Waals surface area contributed by atoms with Gasteiger partial charge in [0.25, 0.3) is 0 Å². The summed E-state index contributed by atoms with van der Waals surface area (Å²) in [4.78, 5) is 22.0. The number of hydrogen-bond acceptors (Lipinski definition) is 3. The number of Topliss-reactive ketones (excluding diaryl/α,β-unsaturated/α-hetero) is 1. The first-order chi connectivity index (χ1) is 6.07. The summed E-state index contributed by atoms with van der Waals surface area (Å²) in [5, 5.41) is 12.2. The van der Waals surface area contributed by atoms with Crippen LogP contribution in [-0.4, -0.2) is 29.9 Å². The van der Waals surface area contributed by atoms with Crippen LogP contribution in [-0.2, 0) is 9.59 Å². The van der Waals surface area contributed by atoms with Crippen molar-refractivity contribution in [2.75, 3.05) is 13.1 Å². The van der Waals surface area contributed by atoms with E-state index in [1.54, 1.807) is 0 Å². The van der Waals surface area contributed by atoms with E-state index in [-0.39, 0.29) is 12.2 Å².